The van der Waals surface area contributed by atoms with Crippen LogP contribution >= 0.6 is 11.8 Å². The maximum atomic E-state index is 13.7. The van der Waals surface area contributed by atoms with Crippen molar-refractivity contribution in [2.75, 3.05) is 7.11 Å². The highest BCUT2D eigenvalue weighted by Gasteiger charge is 2.15. The van der Waals surface area contributed by atoms with Crippen LogP contribution in [-0.4, -0.2) is 21.9 Å². The third-order valence-electron chi connectivity index (χ3n) is 3.66. The van der Waals surface area contributed by atoms with E-state index in [2.05, 4.69) is 14.8 Å². The second-order valence-corrected chi connectivity index (χ2v) is 6.06. The van der Waals surface area contributed by atoms with Gasteiger partial charge in [-0.2, -0.15) is 0 Å². The first-order valence-electron chi connectivity index (χ1n) is 7.15. The van der Waals surface area contributed by atoms with Gasteiger partial charge in [0.25, 0.3) is 0 Å². The molecular formula is C15H18FN3OS. The van der Waals surface area contributed by atoms with Gasteiger partial charge in [-0.3, -0.25) is 0 Å². The summed E-state index contributed by atoms with van der Waals surface area (Å²) >= 11 is 1.61. The first kappa shape index (κ1) is 14.4. The van der Waals surface area contributed by atoms with E-state index >= 15 is 0 Å². The Morgan fingerprint density at radius 2 is 2.19 bits per heavy atom. The minimum absolute atomic E-state index is 0.278. The number of thioether (sulfide) groups is 1. The summed E-state index contributed by atoms with van der Waals surface area (Å²) in [5.74, 6) is 1.71. The molecule has 1 aromatic heterocycles. The van der Waals surface area contributed by atoms with Gasteiger partial charge in [0, 0.05) is 18.7 Å². The first-order valence-corrected chi connectivity index (χ1v) is 8.14. The van der Waals surface area contributed by atoms with E-state index in [1.807, 2.05) is 6.07 Å². The van der Waals surface area contributed by atoms with E-state index in [0.29, 0.717) is 5.75 Å². The third-order valence-corrected chi connectivity index (χ3v) is 4.70. The van der Waals surface area contributed by atoms with E-state index in [9.17, 15) is 4.39 Å². The van der Waals surface area contributed by atoms with Crippen molar-refractivity contribution in [1.29, 1.82) is 0 Å². The first-order chi connectivity index (χ1) is 10.3. The fourth-order valence-electron chi connectivity index (χ4n) is 2.51. The molecule has 0 unspecified atom stereocenters. The van der Waals surface area contributed by atoms with Crippen LogP contribution in [0.25, 0.3) is 0 Å². The largest absolute Gasteiger partial charge is 0.494 e. The molecule has 1 aliphatic heterocycles. The van der Waals surface area contributed by atoms with Crippen LogP contribution in [0.5, 0.6) is 5.75 Å². The molecule has 0 radical (unpaired) electrons. The molecule has 1 aliphatic rings. The molecule has 0 fully saturated rings. The number of rotatable bonds is 4. The van der Waals surface area contributed by atoms with E-state index < -0.39 is 0 Å². The normalized spacial score (nSPS) is 14.6. The van der Waals surface area contributed by atoms with Crippen molar-refractivity contribution in [1.82, 2.24) is 14.8 Å². The van der Waals surface area contributed by atoms with E-state index in [4.69, 9.17) is 4.74 Å². The summed E-state index contributed by atoms with van der Waals surface area (Å²) in [5.41, 5.74) is 0.921. The van der Waals surface area contributed by atoms with E-state index in [0.717, 1.165) is 29.5 Å². The second kappa shape index (κ2) is 6.47. The molecule has 2 heterocycles. The highest BCUT2D eigenvalue weighted by molar-refractivity contribution is 7.98. The predicted octanol–water partition coefficient (Wildman–Crippen LogP) is 3.44. The second-order valence-electron chi connectivity index (χ2n) is 5.12. The maximum absolute atomic E-state index is 13.7. The number of fused-ring (bicyclic) bond motifs is 1. The Bertz CT molecular complexity index is 629. The molecule has 0 spiro atoms. The maximum Gasteiger partial charge on any atom is 0.191 e. The van der Waals surface area contributed by atoms with Crippen molar-refractivity contribution in [2.24, 2.45) is 0 Å². The summed E-state index contributed by atoms with van der Waals surface area (Å²) in [6, 6.07) is 5.07. The summed E-state index contributed by atoms with van der Waals surface area (Å²) in [4.78, 5) is 0. The lowest BCUT2D eigenvalue weighted by Gasteiger charge is -2.07. The molecule has 112 valence electrons. The molecule has 0 N–H and O–H groups in total. The Morgan fingerprint density at radius 3 is 3.00 bits per heavy atom. The zero-order valence-corrected chi connectivity index (χ0v) is 12.8. The molecule has 2 aromatic rings. The molecule has 0 bridgehead atoms. The summed E-state index contributed by atoms with van der Waals surface area (Å²) in [6.45, 7) is 0.988. The van der Waals surface area contributed by atoms with Gasteiger partial charge in [-0.05, 0) is 30.5 Å². The van der Waals surface area contributed by atoms with Crippen LogP contribution in [0.3, 0.4) is 0 Å². The van der Waals surface area contributed by atoms with Crippen molar-refractivity contribution in [3.63, 3.8) is 0 Å². The molecule has 21 heavy (non-hydrogen) atoms. The number of halogens is 1. The Labute approximate surface area is 127 Å². The quantitative estimate of drug-likeness (QED) is 0.811. The van der Waals surface area contributed by atoms with Gasteiger partial charge in [0.1, 0.15) is 5.82 Å². The molecule has 0 saturated carbocycles. The van der Waals surface area contributed by atoms with Crippen LogP contribution in [0, 0.1) is 5.82 Å². The van der Waals surface area contributed by atoms with Gasteiger partial charge >= 0.3 is 0 Å². The highest BCUT2D eigenvalue weighted by atomic mass is 32.2. The number of nitrogens with zero attached hydrogens (tertiary/aromatic N) is 3. The van der Waals surface area contributed by atoms with Gasteiger partial charge in [0.15, 0.2) is 16.7 Å². The summed E-state index contributed by atoms with van der Waals surface area (Å²) in [7, 11) is 1.47. The lowest BCUT2D eigenvalue weighted by molar-refractivity contribution is 0.386. The monoisotopic (exact) mass is 307 g/mol. The van der Waals surface area contributed by atoms with E-state index in [-0.39, 0.29) is 11.6 Å². The SMILES string of the molecule is COc1ccc(CSc2nnc3n2CCCCC3)cc1F. The molecule has 0 aliphatic carbocycles. The van der Waals surface area contributed by atoms with Crippen LogP contribution in [0.1, 0.15) is 30.7 Å². The minimum Gasteiger partial charge on any atom is -0.494 e. The van der Waals surface area contributed by atoms with Crippen molar-refractivity contribution in [3.8, 4) is 5.75 Å². The molecule has 3 rings (SSSR count). The van der Waals surface area contributed by atoms with Crippen LogP contribution in [0.2, 0.25) is 0 Å². The summed E-state index contributed by atoms with van der Waals surface area (Å²) < 4.78 is 20.8. The summed E-state index contributed by atoms with van der Waals surface area (Å²) in [6.07, 6.45) is 4.62. The Balaban J connectivity index is 1.70. The topological polar surface area (TPSA) is 39.9 Å². The smallest absolute Gasteiger partial charge is 0.191 e. The van der Waals surface area contributed by atoms with Gasteiger partial charge in [0.05, 0.1) is 7.11 Å². The fourth-order valence-corrected chi connectivity index (χ4v) is 3.44. The number of aromatic nitrogens is 3. The van der Waals surface area contributed by atoms with E-state index in [1.54, 1.807) is 17.8 Å². The van der Waals surface area contributed by atoms with Gasteiger partial charge in [-0.25, -0.2) is 4.39 Å². The van der Waals surface area contributed by atoms with Gasteiger partial charge in [-0.15, -0.1) is 10.2 Å². The summed E-state index contributed by atoms with van der Waals surface area (Å²) in [5, 5.41) is 9.47. The predicted molar refractivity (Wildman–Crippen MR) is 80.1 cm³/mol. The van der Waals surface area contributed by atoms with Crippen LogP contribution in [0.4, 0.5) is 4.39 Å². The van der Waals surface area contributed by atoms with Crippen molar-refractivity contribution >= 4 is 11.8 Å². The number of hydrogen-bond donors (Lipinski definition) is 0. The average molecular weight is 307 g/mol. The standard InChI is InChI=1S/C15H18FN3OS/c1-20-13-7-6-11(9-12(13)16)10-21-15-18-17-14-5-3-2-4-8-19(14)15/h6-7,9H,2-5,8,10H2,1H3. The molecule has 0 saturated heterocycles. The number of aryl methyl sites for hydroxylation is 1. The molecule has 0 amide bonds. The molecule has 1 aromatic carbocycles. The fraction of sp³-hybridized carbons (Fsp3) is 0.467. The van der Waals surface area contributed by atoms with Gasteiger partial charge in [0.2, 0.25) is 0 Å². The molecular weight excluding hydrogens is 289 g/mol. The van der Waals surface area contributed by atoms with Crippen LogP contribution in [0.15, 0.2) is 23.4 Å². The minimum atomic E-state index is -0.323. The number of ether oxygens (including phenoxy) is 1. The number of methoxy groups -OCH3 is 1. The van der Waals surface area contributed by atoms with Crippen LogP contribution < -0.4 is 4.74 Å². The Kier molecular flexibility index (Phi) is 4.43. The van der Waals surface area contributed by atoms with Gasteiger partial charge < -0.3 is 9.30 Å². The number of hydrogen-bond acceptors (Lipinski definition) is 4. The molecule has 4 nitrogen and oxygen atoms in total. The molecule has 6 heteroatoms. The van der Waals surface area contributed by atoms with Crippen molar-refractivity contribution in [2.45, 2.75) is 43.1 Å². The van der Waals surface area contributed by atoms with E-state index in [1.165, 1.54) is 32.4 Å². The van der Waals surface area contributed by atoms with Gasteiger partial charge in [-0.1, -0.05) is 24.2 Å². The molecule has 0 atom stereocenters. The zero-order valence-electron chi connectivity index (χ0n) is 12.0. The third kappa shape index (κ3) is 3.20. The Morgan fingerprint density at radius 1 is 1.29 bits per heavy atom. The van der Waals surface area contributed by atoms with Crippen molar-refractivity contribution in [3.05, 3.63) is 35.4 Å². The lowest BCUT2D eigenvalue weighted by atomic mass is 10.2. The lowest BCUT2D eigenvalue weighted by Crippen LogP contribution is -2.02. The van der Waals surface area contributed by atoms with Crippen molar-refractivity contribution < 1.29 is 9.13 Å². The Hall–Kier alpha value is -1.56. The average Bonchev–Trinajstić information content (AvgIpc) is 2.72. The van der Waals surface area contributed by atoms with Crippen LogP contribution in [-0.2, 0) is 18.7 Å². The highest BCUT2D eigenvalue weighted by Crippen LogP contribution is 2.26. The number of benzene rings is 1. The zero-order chi connectivity index (χ0) is 14.7.